The predicted molar refractivity (Wildman–Crippen MR) is 92.4 cm³/mol. The van der Waals surface area contributed by atoms with Gasteiger partial charge >= 0.3 is 0 Å². The second-order valence-corrected chi connectivity index (χ2v) is 5.25. The maximum atomic E-state index is 11.1. The zero-order chi connectivity index (χ0) is 18.0. The van der Waals surface area contributed by atoms with E-state index in [0.29, 0.717) is 22.9 Å². The lowest BCUT2D eigenvalue weighted by atomic mass is 10.1. The van der Waals surface area contributed by atoms with Crippen LogP contribution in [0.1, 0.15) is 6.92 Å². The average molecular weight is 342 g/mol. The number of pyridine rings is 1. The van der Waals surface area contributed by atoms with Gasteiger partial charge in [-0.3, -0.25) is 10.1 Å². The van der Waals surface area contributed by atoms with E-state index >= 15 is 0 Å². The number of fused-ring (bicyclic) bond motifs is 1. The van der Waals surface area contributed by atoms with Gasteiger partial charge < -0.3 is 14.2 Å². The number of hydrogen-bond donors (Lipinski definition) is 1. The quantitative estimate of drug-likeness (QED) is 0.766. The van der Waals surface area contributed by atoms with Crippen LogP contribution in [0.25, 0.3) is 16.8 Å². The number of aromatic nitrogens is 3. The SMILES string of the molecule is COc1cc(-c2ccc3nc(NC(C)=O)nn3c2)cc(OC)c1OC. The van der Waals surface area contributed by atoms with E-state index in [1.807, 2.05) is 30.5 Å². The van der Waals surface area contributed by atoms with E-state index < -0.39 is 0 Å². The molecule has 130 valence electrons. The Morgan fingerprint density at radius 3 is 2.28 bits per heavy atom. The molecule has 0 bridgehead atoms. The van der Waals surface area contributed by atoms with Crippen LogP contribution in [0, 0.1) is 0 Å². The molecule has 0 radical (unpaired) electrons. The molecule has 2 heterocycles. The molecule has 1 N–H and O–H groups in total. The topological polar surface area (TPSA) is 87.0 Å². The molecule has 0 aliphatic carbocycles. The molecular weight excluding hydrogens is 324 g/mol. The summed E-state index contributed by atoms with van der Waals surface area (Å²) in [5.41, 5.74) is 2.37. The number of nitrogens with one attached hydrogen (secondary N) is 1. The fourth-order valence-corrected chi connectivity index (χ4v) is 2.51. The number of anilines is 1. The first-order valence-corrected chi connectivity index (χ1v) is 7.50. The molecule has 8 heteroatoms. The summed E-state index contributed by atoms with van der Waals surface area (Å²) < 4.78 is 17.7. The van der Waals surface area contributed by atoms with Crippen molar-refractivity contribution in [3.05, 3.63) is 30.5 Å². The molecule has 0 aliphatic rings. The highest BCUT2D eigenvalue weighted by molar-refractivity contribution is 5.86. The number of ether oxygens (including phenoxy) is 3. The number of carbonyl (C=O) groups excluding carboxylic acids is 1. The minimum absolute atomic E-state index is 0.222. The molecule has 8 nitrogen and oxygen atoms in total. The highest BCUT2D eigenvalue weighted by Crippen LogP contribution is 2.41. The Hall–Kier alpha value is -3.29. The predicted octanol–water partition coefficient (Wildman–Crippen LogP) is 2.38. The number of amides is 1. The van der Waals surface area contributed by atoms with Gasteiger partial charge in [0.15, 0.2) is 17.1 Å². The number of benzene rings is 1. The van der Waals surface area contributed by atoms with Crippen molar-refractivity contribution in [1.82, 2.24) is 14.6 Å². The maximum Gasteiger partial charge on any atom is 0.249 e. The first-order valence-electron chi connectivity index (χ1n) is 7.50. The molecule has 1 aromatic carbocycles. The van der Waals surface area contributed by atoms with Crippen molar-refractivity contribution in [2.24, 2.45) is 0 Å². The Labute approximate surface area is 144 Å². The maximum absolute atomic E-state index is 11.1. The zero-order valence-corrected chi connectivity index (χ0v) is 14.4. The minimum atomic E-state index is -0.222. The lowest BCUT2D eigenvalue weighted by Gasteiger charge is -2.14. The summed E-state index contributed by atoms with van der Waals surface area (Å²) in [6.07, 6.45) is 1.81. The van der Waals surface area contributed by atoms with Gasteiger partial charge in [-0.25, -0.2) is 4.52 Å². The van der Waals surface area contributed by atoms with Gasteiger partial charge in [-0.1, -0.05) is 0 Å². The average Bonchev–Trinajstić information content (AvgIpc) is 3.00. The van der Waals surface area contributed by atoms with Crippen molar-refractivity contribution in [3.8, 4) is 28.4 Å². The molecule has 2 aromatic heterocycles. The van der Waals surface area contributed by atoms with Crippen LogP contribution < -0.4 is 19.5 Å². The van der Waals surface area contributed by atoms with Crippen molar-refractivity contribution in [2.75, 3.05) is 26.6 Å². The Balaban J connectivity index is 2.07. The van der Waals surface area contributed by atoms with Crippen LogP contribution in [0.4, 0.5) is 5.95 Å². The summed E-state index contributed by atoms with van der Waals surface area (Å²) in [4.78, 5) is 15.4. The smallest absolute Gasteiger partial charge is 0.249 e. The number of nitrogens with zero attached hydrogens (tertiary/aromatic N) is 3. The highest BCUT2D eigenvalue weighted by atomic mass is 16.5. The van der Waals surface area contributed by atoms with Crippen molar-refractivity contribution in [1.29, 1.82) is 0 Å². The molecule has 3 aromatic rings. The van der Waals surface area contributed by atoms with Crippen molar-refractivity contribution >= 4 is 17.5 Å². The van der Waals surface area contributed by atoms with E-state index in [9.17, 15) is 4.79 Å². The van der Waals surface area contributed by atoms with Crippen LogP contribution in [-0.2, 0) is 4.79 Å². The van der Waals surface area contributed by atoms with Crippen molar-refractivity contribution in [2.45, 2.75) is 6.92 Å². The van der Waals surface area contributed by atoms with Crippen LogP contribution in [0.5, 0.6) is 17.2 Å². The number of rotatable bonds is 5. The Morgan fingerprint density at radius 2 is 1.72 bits per heavy atom. The Morgan fingerprint density at radius 1 is 1.04 bits per heavy atom. The van der Waals surface area contributed by atoms with Crippen LogP contribution in [0.2, 0.25) is 0 Å². The van der Waals surface area contributed by atoms with Gasteiger partial charge in [0.25, 0.3) is 0 Å². The van der Waals surface area contributed by atoms with E-state index in [0.717, 1.165) is 11.1 Å². The standard InChI is InChI=1S/C17H18N4O4/c1-10(22)18-17-19-15-6-5-11(9-21(15)20-17)12-7-13(23-2)16(25-4)14(8-12)24-3/h5-9H,1-4H3,(H,18,20,22). The van der Waals surface area contributed by atoms with Crippen LogP contribution >= 0.6 is 0 Å². The first kappa shape index (κ1) is 16.6. The molecule has 3 rings (SSSR count). The molecule has 0 atom stereocenters. The van der Waals surface area contributed by atoms with E-state index in [-0.39, 0.29) is 11.9 Å². The third-order valence-electron chi connectivity index (χ3n) is 3.62. The summed E-state index contributed by atoms with van der Waals surface area (Å²) in [5, 5.41) is 6.81. The molecular formula is C17H18N4O4. The summed E-state index contributed by atoms with van der Waals surface area (Å²) >= 11 is 0. The highest BCUT2D eigenvalue weighted by Gasteiger charge is 2.15. The summed E-state index contributed by atoms with van der Waals surface area (Å²) in [5.74, 6) is 1.70. The molecule has 0 spiro atoms. The fraction of sp³-hybridized carbons (Fsp3) is 0.235. The molecule has 25 heavy (non-hydrogen) atoms. The van der Waals surface area contributed by atoms with Gasteiger partial charge in [0.05, 0.1) is 21.3 Å². The summed E-state index contributed by atoms with van der Waals surface area (Å²) in [6, 6.07) is 7.43. The van der Waals surface area contributed by atoms with Gasteiger partial charge in [0.2, 0.25) is 17.6 Å². The number of methoxy groups -OCH3 is 3. The molecule has 0 fully saturated rings. The largest absolute Gasteiger partial charge is 0.493 e. The fourth-order valence-electron chi connectivity index (χ4n) is 2.51. The van der Waals surface area contributed by atoms with E-state index in [4.69, 9.17) is 14.2 Å². The summed E-state index contributed by atoms with van der Waals surface area (Å²) in [6.45, 7) is 1.41. The molecule has 1 amide bonds. The molecule has 0 aliphatic heterocycles. The van der Waals surface area contributed by atoms with Crippen LogP contribution in [0.3, 0.4) is 0 Å². The normalized spacial score (nSPS) is 10.6. The number of hydrogen-bond acceptors (Lipinski definition) is 6. The zero-order valence-electron chi connectivity index (χ0n) is 14.4. The monoisotopic (exact) mass is 342 g/mol. The second kappa shape index (κ2) is 6.68. The van der Waals surface area contributed by atoms with Gasteiger partial charge in [0.1, 0.15) is 0 Å². The third-order valence-corrected chi connectivity index (χ3v) is 3.62. The van der Waals surface area contributed by atoms with Gasteiger partial charge in [-0.05, 0) is 29.8 Å². The molecule has 0 unspecified atom stereocenters. The third kappa shape index (κ3) is 3.18. The van der Waals surface area contributed by atoms with Gasteiger partial charge in [-0.2, -0.15) is 4.98 Å². The minimum Gasteiger partial charge on any atom is -0.493 e. The van der Waals surface area contributed by atoms with E-state index in [1.54, 1.807) is 25.8 Å². The lowest BCUT2D eigenvalue weighted by Crippen LogP contribution is -2.07. The second-order valence-electron chi connectivity index (χ2n) is 5.25. The van der Waals surface area contributed by atoms with E-state index in [1.165, 1.54) is 6.92 Å². The van der Waals surface area contributed by atoms with E-state index in [2.05, 4.69) is 15.4 Å². The van der Waals surface area contributed by atoms with Gasteiger partial charge in [0, 0.05) is 18.7 Å². The van der Waals surface area contributed by atoms with Crippen LogP contribution in [0.15, 0.2) is 30.5 Å². The van der Waals surface area contributed by atoms with Crippen molar-refractivity contribution in [3.63, 3.8) is 0 Å². The first-order chi connectivity index (χ1) is 12.0. The van der Waals surface area contributed by atoms with Gasteiger partial charge in [-0.15, -0.1) is 5.10 Å². The summed E-state index contributed by atoms with van der Waals surface area (Å²) in [7, 11) is 4.70. The number of carbonyl (C=O) groups is 1. The molecule has 0 saturated heterocycles. The van der Waals surface area contributed by atoms with Crippen molar-refractivity contribution < 1.29 is 19.0 Å². The molecule has 0 saturated carbocycles. The lowest BCUT2D eigenvalue weighted by molar-refractivity contribution is -0.114. The Kier molecular flexibility index (Phi) is 4.42. The van der Waals surface area contributed by atoms with Crippen LogP contribution in [-0.4, -0.2) is 41.8 Å². The Bertz CT molecular complexity index is 911.